The number of amides is 1. The van der Waals surface area contributed by atoms with Gasteiger partial charge in [0.05, 0.1) is 5.41 Å². The van der Waals surface area contributed by atoms with E-state index in [1.165, 1.54) is 0 Å². The maximum atomic E-state index is 12.5. The molecular formula is C13H19ClN4O. The molecule has 6 heteroatoms. The molecule has 104 valence electrons. The average molecular weight is 283 g/mol. The van der Waals surface area contributed by atoms with E-state index in [4.69, 9.17) is 11.6 Å². The zero-order chi connectivity index (χ0) is 13.6. The SMILES string of the molecule is CC(C)n1cc(Cl)c(NC(=O)[C@]23CC[C@H]2CNC3)n1. The van der Waals surface area contributed by atoms with Gasteiger partial charge in [0, 0.05) is 18.8 Å². The zero-order valence-corrected chi connectivity index (χ0v) is 12.0. The lowest BCUT2D eigenvalue weighted by atomic mass is 9.61. The van der Waals surface area contributed by atoms with Crippen LogP contribution >= 0.6 is 11.6 Å². The van der Waals surface area contributed by atoms with Crippen molar-refractivity contribution in [3.8, 4) is 0 Å². The number of nitrogens with zero attached hydrogens (tertiary/aromatic N) is 2. The summed E-state index contributed by atoms with van der Waals surface area (Å²) in [5.41, 5.74) is -0.231. The summed E-state index contributed by atoms with van der Waals surface area (Å²) in [6.45, 7) is 5.76. The lowest BCUT2D eigenvalue weighted by molar-refractivity contribution is -0.132. The van der Waals surface area contributed by atoms with Gasteiger partial charge in [-0.25, -0.2) is 0 Å². The third-order valence-electron chi connectivity index (χ3n) is 4.45. The predicted octanol–water partition coefficient (Wildman–Crippen LogP) is 2.06. The standard InChI is InChI=1S/C13H19ClN4O/c1-8(2)18-6-10(14)11(17-18)16-12(19)13-4-3-9(13)5-15-7-13/h6,8-9,15H,3-5,7H2,1-2H3,(H,16,17,19)/t9-,13-/m0/s1. The van der Waals surface area contributed by atoms with Crippen LogP contribution in [0.1, 0.15) is 32.7 Å². The van der Waals surface area contributed by atoms with Crippen LogP contribution in [-0.2, 0) is 4.79 Å². The van der Waals surface area contributed by atoms with Crippen LogP contribution in [0.5, 0.6) is 0 Å². The third-order valence-corrected chi connectivity index (χ3v) is 4.73. The molecule has 1 aromatic heterocycles. The van der Waals surface area contributed by atoms with Crippen molar-refractivity contribution in [2.45, 2.75) is 32.7 Å². The highest BCUT2D eigenvalue weighted by Gasteiger charge is 2.55. The second kappa shape index (κ2) is 4.49. The Kier molecular flexibility index (Phi) is 3.06. The molecule has 1 aliphatic carbocycles. The van der Waals surface area contributed by atoms with Gasteiger partial charge in [0.1, 0.15) is 5.02 Å². The van der Waals surface area contributed by atoms with Gasteiger partial charge >= 0.3 is 0 Å². The second-order valence-electron chi connectivity index (χ2n) is 5.88. The first kappa shape index (κ1) is 12.9. The summed E-state index contributed by atoms with van der Waals surface area (Å²) in [6.07, 6.45) is 3.85. The molecule has 0 spiro atoms. The van der Waals surface area contributed by atoms with Crippen molar-refractivity contribution in [3.05, 3.63) is 11.2 Å². The fourth-order valence-corrected chi connectivity index (χ4v) is 3.21. The van der Waals surface area contributed by atoms with Crippen molar-refractivity contribution in [2.24, 2.45) is 11.3 Å². The minimum atomic E-state index is -0.231. The van der Waals surface area contributed by atoms with Crippen molar-refractivity contribution < 1.29 is 4.79 Å². The van der Waals surface area contributed by atoms with Crippen LogP contribution < -0.4 is 10.6 Å². The first-order chi connectivity index (χ1) is 9.03. The van der Waals surface area contributed by atoms with Gasteiger partial charge in [-0.1, -0.05) is 11.6 Å². The Morgan fingerprint density at radius 2 is 2.47 bits per heavy atom. The van der Waals surface area contributed by atoms with Gasteiger partial charge in [0.15, 0.2) is 5.82 Å². The highest BCUT2D eigenvalue weighted by molar-refractivity contribution is 6.33. The smallest absolute Gasteiger partial charge is 0.233 e. The maximum absolute atomic E-state index is 12.5. The summed E-state index contributed by atoms with van der Waals surface area (Å²) < 4.78 is 1.76. The Balaban J connectivity index is 1.76. The summed E-state index contributed by atoms with van der Waals surface area (Å²) in [7, 11) is 0. The Morgan fingerprint density at radius 3 is 3.00 bits per heavy atom. The molecule has 1 aliphatic heterocycles. The van der Waals surface area contributed by atoms with E-state index in [0.717, 1.165) is 25.9 Å². The van der Waals surface area contributed by atoms with Gasteiger partial charge in [-0.2, -0.15) is 5.10 Å². The van der Waals surface area contributed by atoms with Gasteiger partial charge < -0.3 is 10.6 Å². The van der Waals surface area contributed by atoms with Crippen LogP contribution in [0, 0.1) is 11.3 Å². The van der Waals surface area contributed by atoms with Crippen molar-refractivity contribution >= 4 is 23.3 Å². The van der Waals surface area contributed by atoms with E-state index < -0.39 is 0 Å². The zero-order valence-electron chi connectivity index (χ0n) is 11.2. The predicted molar refractivity (Wildman–Crippen MR) is 74.3 cm³/mol. The number of rotatable bonds is 3. The summed E-state index contributed by atoms with van der Waals surface area (Å²) in [4.78, 5) is 12.5. The van der Waals surface area contributed by atoms with Crippen LogP contribution in [0.2, 0.25) is 5.02 Å². The number of anilines is 1. The molecule has 1 saturated carbocycles. The van der Waals surface area contributed by atoms with Crippen molar-refractivity contribution in [1.82, 2.24) is 15.1 Å². The number of fused-ring (bicyclic) bond motifs is 1. The molecule has 0 radical (unpaired) electrons. The highest BCUT2D eigenvalue weighted by Crippen LogP contribution is 2.49. The second-order valence-corrected chi connectivity index (χ2v) is 6.28. The first-order valence-electron chi connectivity index (χ1n) is 6.80. The van der Waals surface area contributed by atoms with Crippen molar-refractivity contribution in [3.63, 3.8) is 0 Å². The van der Waals surface area contributed by atoms with E-state index in [2.05, 4.69) is 15.7 Å². The molecule has 1 amide bonds. The topological polar surface area (TPSA) is 59.0 Å². The van der Waals surface area contributed by atoms with Gasteiger partial charge in [-0.15, -0.1) is 0 Å². The minimum Gasteiger partial charge on any atom is -0.315 e. The fourth-order valence-electron chi connectivity index (χ4n) is 3.03. The molecule has 2 fully saturated rings. The quantitative estimate of drug-likeness (QED) is 0.892. The fraction of sp³-hybridized carbons (Fsp3) is 0.692. The van der Waals surface area contributed by atoms with Crippen molar-refractivity contribution in [1.29, 1.82) is 0 Å². The van der Waals surface area contributed by atoms with E-state index in [0.29, 0.717) is 16.8 Å². The molecule has 2 heterocycles. The molecule has 0 bridgehead atoms. The molecule has 1 aromatic rings. The first-order valence-corrected chi connectivity index (χ1v) is 7.17. The molecular weight excluding hydrogens is 264 g/mol. The van der Waals surface area contributed by atoms with E-state index in [9.17, 15) is 4.79 Å². The Bertz CT molecular complexity index is 513. The van der Waals surface area contributed by atoms with Crippen LogP contribution in [-0.4, -0.2) is 28.8 Å². The number of halogens is 1. The third kappa shape index (κ3) is 1.96. The largest absolute Gasteiger partial charge is 0.315 e. The number of aromatic nitrogens is 2. The average Bonchev–Trinajstić information content (AvgIpc) is 2.82. The highest BCUT2D eigenvalue weighted by atomic mass is 35.5. The van der Waals surface area contributed by atoms with Gasteiger partial charge in [0.25, 0.3) is 0 Å². The molecule has 0 aromatic carbocycles. The van der Waals surface area contributed by atoms with E-state index >= 15 is 0 Å². The van der Waals surface area contributed by atoms with Crippen LogP contribution in [0.4, 0.5) is 5.82 Å². The molecule has 2 aliphatic rings. The number of carbonyl (C=O) groups is 1. The minimum absolute atomic E-state index is 0.0599. The molecule has 1 saturated heterocycles. The van der Waals surface area contributed by atoms with E-state index in [1.807, 2.05) is 13.8 Å². The Hall–Kier alpha value is -1.07. The molecule has 2 atom stereocenters. The normalized spacial score (nSPS) is 29.2. The molecule has 2 N–H and O–H groups in total. The van der Waals surface area contributed by atoms with Crippen LogP contribution in [0.3, 0.4) is 0 Å². The van der Waals surface area contributed by atoms with Crippen LogP contribution in [0.15, 0.2) is 6.20 Å². The van der Waals surface area contributed by atoms with Crippen LogP contribution in [0.25, 0.3) is 0 Å². The monoisotopic (exact) mass is 282 g/mol. The summed E-state index contributed by atoms with van der Waals surface area (Å²) >= 11 is 6.13. The number of hydrogen-bond acceptors (Lipinski definition) is 3. The van der Waals surface area contributed by atoms with Crippen molar-refractivity contribution in [2.75, 3.05) is 18.4 Å². The van der Waals surface area contributed by atoms with Gasteiger partial charge in [0.2, 0.25) is 5.91 Å². The van der Waals surface area contributed by atoms with E-state index in [1.54, 1.807) is 10.9 Å². The molecule has 0 unspecified atom stereocenters. The molecule has 3 rings (SSSR count). The number of hydrogen-bond donors (Lipinski definition) is 2. The Labute approximate surface area is 117 Å². The lowest BCUT2D eigenvalue weighted by Gasteiger charge is -2.42. The maximum Gasteiger partial charge on any atom is 0.233 e. The lowest BCUT2D eigenvalue weighted by Crippen LogP contribution is -2.49. The van der Waals surface area contributed by atoms with E-state index in [-0.39, 0.29) is 17.4 Å². The summed E-state index contributed by atoms with van der Waals surface area (Å²) in [6, 6.07) is 0.228. The molecule has 5 nitrogen and oxygen atoms in total. The summed E-state index contributed by atoms with van der Waals surface area (Å²) in [5, 5.41) is 11.1. The number of carbonyl (C=O) groups excluding carboxylic acids is 1. The number of nitrogens with one attached hydrogen (secondary N) is 2. The van der Waals surface area contributed by atoms with Gasteiger partial charge in [-0.05, 0) is 39.2 Å². The molecule has 19 heavy (non-hydrogen) atoms. The summed E-state index contributed by atoms with van der Waals surface area (Å²) in [5.74, 6) is 1.01. The van der Waals surface area contributed by atoms with Gasteiger partial charge in [-0.3, -0.25) is 9.48 Å². The Morgan fingerprint density at radius 1 is 1.68 bits per heavy atom.